The molecule has 0 aliphatic heterocycles. The lowest BCUT2D eigenvalue weighted by molar-refractivity contribution is 0.318. The van der Waals surface area contributed by atoms with Crippen molar-refractivity contribution in [2.24, 2.45) is 5.92 Å². The van der Waals surface area contributed by atoms with Gasteiger partial charge in [0.25, 0.3) is 0 Å². The Morgan fingerprint density at radius 1 is 1.37 bits per heavy atom. The minimum atomic E-state index is 0.334. The summed E-state index contributed by atoms with van der Waals surface area (Å²) in [6.07, 6.45) is 6.25. The van der Waals surface area contributed by atoms with Crippen LogP contribution in [-0.2, 0) is 0 Å². The van der Waals surface area contributed by atoms with Crippen LogP contribution in [0.15, 0.2) is 18.3 Å². The maximum Gasteiger partial charge on any atom is 0.0572 e. The Morgan fingerprint density at radius 2 is 2.16 bits per heavy atom. The first kappa shape index (κ1) is 14.3. The Bertz CT molecular complexity index is 370. The van der Waals surface area contributed by atoms with Gasteiger partial charge in [0.05, 0.1) is 17.6 Å². The molecular formula is C16H27N3. The average Bonchev–Trinajstić information content (AvgIpc) is 2.38. The summed E-state index contributed by atoms with van der Waals surface area (Å²) in [6, 6.07) is 4.71. The summed E-state index contributed by atoms with van der Waals surface area (Å²) in [6.45, 7) is 9.77. The van der Waals surface area contributed by atoms with Crippen molar-refractivity contribution in [2.75, 3.05) is 24.5 Å². The SMILES string of the molecule is CCNC(C)c1ccc(N(CC)CC2CCC2)cn1. The normalized spacial score (nSPS) is 17.0. The molecule has 1 aromatic heterocycles. The first-order valence-electron chi connectivity index (χ1n) is 7.68. The average molecular weight is 261 g/mol. The van der Waals surface area contributed by atoms with Gasteiger partial charge < -0.3 is 10.2 Å². The molecule has 2 rings (SSSR count). The Morgan fingerprint density at radius 3 is 2.63 bits per heavy atom. The molecule has 1 saturated carbocycles. The van der Waals surface area contributed by atoms with Gasteiger partial charge in [-0.15, -0.1) is 0 Å². The highest BCUT2D eigenvalue weighted by molar-refractivity contribution is 5.44. The van der Waals surface area contributed by atoms with Gasteiger partial charge in [-0.05, 0) is 51.3 Å². The largest absolute Gasteiger partial charge is 0.370 e. The lowest BCUT2D eigenvalue weighted by atomic mass is 9.85. The van der Waals surface area contributed by atoms with Crippen molar-refractivity contribution in [3.8, 4) is 0 Å². The van der Waals surface area contributed by atoms with Crippen molar-refractivity contribution in [3.63, 3.8) is 0 Å². The summed E-state index contributed by atoms with van der Waals surface area (Å²) < 4.78 is 0. The molecule has 19 heavy (non-hydrogen) atoms. The smallest absolute Gasteiger partial charge is 0.0572 e. The first-order valence-corrected chi connectivity index (χ1v) is 7.68. The van der Waals surface area contributed by atoms with E-state index in [-0.39, 0.29) is 0 Å². The Balaban J connectivity index is 1.98. The molecule has 0 amide bonds. The topological polar surface area (TPSA) is 28.2 Å². The number of hydrogen-bond donors (Lipinski definition) is 1. The molecule has 1 heterocycles. The molecule has 1 N–H and O–H groups in total. The quantitative estimate of drug-likeness (QED) is 0.815. The van der Waals surface area contributed by atoms with Crippen molar-refractivity contribution in [3.05, 3.63) is 24.0 Å². The molecule has 106 valence electrons. The zero-order chi connectivity index (χ0) is 13.7. The van der Waals surface area contributed by atoms with Gasteiger partial charge in [0.15, 0.2) is 0 Å². The summed E-state index contributed by atoms with van der Waals surface area (Å²) in [7, 11) is 0. The fraction of sp³-hybridized carbons (Fsp3) is 0.688. The zero-order valence-electron chi connectivity index (χ0n) is 12.5. The minimum absolute atomic E-state index is 0.334. The van der Waals surface area contributed by atoms with Gasteiger partial charge in [-0.1, -0.05) is 13.3 Å². The summed E-state index contributed by atoms with van der Waals surface area (Å²) in [5, 5.41) is 3.40. The second kappa shape index (κ2) is 6.90. The Labute approximate surface area is 117 Å². The zero-order valence-corrected chi connectivity index (χ0v) is 12.5. The number of hydrogen-bond acceptors (Lipinski definition) is 3. The summed E-state index contributed by atoms with van der Waals surface area (Å²) in [4.78, 5) is 7.07. The van der Waals surface area contributed by atoms with Crippen LogP contribution in [-0.4, -0.2) is 24.6 Å². The Hall–Kier alpha value is -1.09. The van der Waals surface area contributed by atoms with E-state index in [0.29, 0.717) is 6.04 Å². The van der Waals surface area contributed by atoms with Gasteiger partial charge in [-0.3, -0.25) is 4.98 Å². The molecule has 1 unspecified atom stereocenters. The summed E-state index contributed by atoms with van der Waals surface area (Å²) >= 11 is 0. The third-order valence-electron chi connectivity index (χ3n) is 4.17. The molecule has 1 atom stereocenters. The first-order chi connectivity index (χ1) is 9.24. The molecule has 1 aliphatic carbocycles. The van der Waals surface area contributed by atoms with Gasteiger partial charge in [0.1, 0.15) is 0 Å². The summed E-state index contributed by atoms with van der Waals surface area (Å²) in [5.41, 5.74) is 2.40. The fourth-order valence-corrected chi connectivity index (χ4v) is 2.66. The summed E-state index contributed by atoms with van der Waals surface area (Å²) in [5.74, 6) is 0.903. The number of rotatable bonds is 7. The molecule has 0 radical (unpaired) electrons. The number of aromatic nitrogens is 1. The lowest BCUT2D eigenvalue weighted by Crippen LogP contribution is -2.32. The van der Waals surface area contributed by atoms with Crippen LogP contribution in [0.4, 0.5) is 5.69 Å². The predicted octanol–water partition coefficient (Wildman–Crippen LogP) is 3.38. The molecule has 0 bridgehead atoms. The van der Waals surface area contributed by atoms with Crippen LogP contribution < -0.4 is 10.2 Å². The maximum atomic E-state index is 4.61. The van der Waals surface area contributed by atoms with E-state index < -0.39 is 0 Å². The van der Waals surface area contributed by atoms with E-state index in [1.54, 1.807) is 0 Å². The molecule has 1 aromatic rings. The molecule has 3 nitrogen and oxygen atoms in total. The van der Waals surface area contributed by atoms with E-state index in [9.17, 15) is 0 Å². The molecule has 0 saturated heterocycles. The van der Waals surface area contributed by atoms with Gasteiger partial charge in [0.2, 0.25) is 0 Å². The molecule has 0 spiro atoms. The standard InChI is InChI=1S/C16H27N3/c1-4-17-13(3)16-10-9-15(11-18-16)19(5-2)12-14-7-6-8-14/h9-11,13-14,17H,4-8,12H2,1-3H3. The van der Waals surface area contributed by atoms with E-state index in [4.69, 9.17) is 0 Å². The molecular weight excluding hydrogens is 234 g/mol. The Kier molecular flexibility index (Phi) is 5.20. The van der Waals surface area contributed by atoms with E-state index in [0.717, 1.165) is 24.7 Å². The van der Waals surface area contributed by atoms with Crippen molar-refractivity contribution in [2.45, 2.75) is 46.1 Å². The van der Waals surface area contributed by atoms with E-state index in [2.05, 4.69) is 48.1 Å². The third-order valence-corrected chi connectivity index (χ3v) is 4.17. The number of anilines is 1. The molecule has 3 heteroatoms. The molecule has 1 aliphatic rings. The highest BCUT2D eigenvalue weighted by atomic mass is 15.1. The van der Waals surface area contributed by atoms with Crippen LogP contribution in [0.3, 0.4) is 0 Å². The minimum Gasteiger partial charge on any atom is -0.370 e. The lowest BCUT2D eigenvalue weighted by Gasteiger charge is -2.33. The second-order valence-corrected chi connectivity index (χ2v) is 5.56. The highest BCUT2D eigenvalue weighted by Crippen LogP contribution is 2.28. The number of nitrogens with zero attached hydrogens (tertiary/aromatic N) is 2. The maximum absolute atomic E-state index is 4.61. The third kappa shape index (κ3) is 3.69. The van der Waals surface area contributed by atoms with Crippen LogP contribution >= 0.6 is 0 Å². The van der Waals surface area contributed by atoms with Gasteiger partial charge >= 0.3 is 0 Å². The van der Waals surface area contributed by atoms with Crippen molar-refractivity contribution >= 4 is 5.69 Å². The predicted molar refractivity (Wildman–Crippen MR) is 81.6 cm³/mol. The fourth-order valence-electron chi connectivity index (χ4n) is 2.66. The van der Waals surface area contributed by atoms with Crippen LogP contribution in [0, 0.1) is 5.92 Å². The number of pyridine rings is 1. The van der Waals surface area contributed by atoms with E-state index >= 15 is 0 Å². The van der Waals surface area contributed by atoms with Gasteiger partial charge in [0, 0.05) is 19.1 Å². The van der Waals surface area contributed by atoms with Crippen LogP contribution in [0.5, 0.6) is 0 Å². The molecule has 0 aromatic carbocycles. The van der Waals surface area contributed by atoms with Gasteiger partial charge in [-0.25, -0.2) is 0 Å². The van der Waals surface area contributed by atoms with E-state index in [1.165, 1.54) is 31.5 Å². The monoisotopic (exact) mass is 261 g/mol. The number of nitrogens with one attached hydrogen (secondary N) is 1. The molecule has 1 fully saturated rings. The van der Waals surface area contributed by atoms with Gasteiger partial charge in [-0.2, -0.15) is 0 Å². The van der Waals surface area contributed by atoms with Crippen LogP contribution in [0.1, 0.15) is 51.8 Å². The second-order valence-electron chi connectivity index (χ2n) is 5.56. The van der Waals surface area contributed by atoms with Crippen molar-refractivity contribution < 1.29 is 0 Å². The highest BCUT2D eigenvalue weighted by Gasteiger charge is 2.20. The van der Waals surface area contributed by atoms with Crippen LogP contribution in [0.2, 0.25) is 0 Å². The van der Waals surface area contributed by atoms with Crippen LogP contribution in [0.25, 0.3) is 0 Å². The van der Waals surface area contributed by atoms with Crippen molar-refractivity contribution in [1.82, 2.24) is 10.3 Å². The van der Waals surface area contributed by atoms with E-state index in [1.807, 2.05) is 6.20 Å². The van der Waals surface area contributed by atoms with Crippen molar-refractivity contribution in [1.29, 1.82) is 0 Å².